The van der Waals surface area contributed by atoms with Gasteiger partial charge in [0.25, 0.3) is 5.91 Å². The molecular formula is C15H15FN2O2. The summed E-state index contributed by atoms with van der Waals surface area (Å²) in [5.41, 5.74) is 0.660. The molecule has 1 heterocycles. The largest absolute Gasteiger partial charge is 0.349 e. The smallest absolute Gasteiger partial charge is 0.252 e. The number of carbonyl (C=O) groups is 1. The van der Waals surface area contributed by atoms with E-state index in [2.05, 4.69) is 10.3 Å². The van der Waals surface area contributed by atoms with E-state index in [1.165, 1.54) is 24.4 Å². The lowest BCUT2D eigenvalue weighted by atomic mass is 10.1. The minimum absolute atomic E-state index is 0.216. The van der Waals surface area contributed by atoms with Crippen LogP contribution in [0.5, 0.6) is 0 Å². The van der Waals surface area contributed by atoms with Gasteiger partial charge >= 0.3 is 0 Å². The van der Waals surface area contributed by atoms with Crippen LogP contribution < -0.4 is 10.9 Å². The zero-order chi connectivity index (χ0) is 14.5. The van der Waals surface area contributed by atoms with Gasteiger partial charge in [-0.1, -0.05) is 18.2 Å². The summed E-state index contributed by atoms with van der Waals surface area (Å²) in [6.45, 7) is 1.80. The van der Waals surface area contributed by atoms with Crippen molar-refractivity contribution in [3.05, 3.63) is 69.9 Å². The summed E-state index contributed by atoms with van der Waals surface area (Å²) < 4.78 is 13.5. The average molecular weight is 274 g/mol. The molecule has 1 atom stereocenters. The molecule has 2 aromatic rings. The predicted octanol–water partition coefficient (Wildman–Crippen LogP) is 1.88. The summed E-state index contributed by atoms with van der Waals surface area (Å²) in [6, 6.07) is 8.99. The van der Waals surface area contributed by atoms with Crippen molar-refractivity contribution in [2.45, 2.75) is 19.4 Å². The first-order chi connectivity index (χ1) is 9.56. The quantitative estimate of drug-likeness (QED) is 0.894. The van der Waals surface area contributed by atoms with Gasteiger partial charge in [-0.25, -0.2) is 4.39 Å². The van der Waals surface area contributed by atoms with Gasteiger partial charge < -0.3 is 10.3 Å². The van der Waals surface area contributed by atoms with Crippen LogP contribution in [0.25, 0.3) is 0 Å². The first-order valence-electron chi connectivity index (χ1n) is 6.29. The van der Waals surface area contributed by atoms with E-state index >= 15 is 0 Å². The first kappa shape index (κ1) is 14.0. The molecule has 0 aliphatic rings. The van der Waals surface area contributed by atoms with E-state index in [1.54, 1.807) is 25.1 Å². The van der Waals surface area contributed by atoms with Crippen molar-refractivity contribution in [2.75, 3.05) is 0 Å². The average Bonchev–Trinajstić information content (AvgIpc) is 2.42. The number of carbonyl (C=O) groups excluding carboxylic acids is 1. The van der Waals surface area contributed by atoms with E-state index in [0.29, 0.717) is 17.5 Å². The van der Waals surface area contributed by atoms with Crippen LogP contribution in [0.3, 0.4) is 0 Å². The van der Waals surface area contributed by atoms with E-state index in [4.69, 9.17) is 0 Å². The van der Waals surface area contributed by atoms with Gasteiger partial charge in [0, 0.05) is 18.3 Å². The molecular weight excluding hydrogens is 259 g/mol. The number of hydrogen-bond donors (Lipinski definition) is 2. The lowest BCUT2D eigenvalue weighted by Crippen LogP contribution is -2.34. The lowest BCUT2D eigenvalue weighted by Gasteiger charge is -2.14. The Kier molecular flexibility index (Phi) is 4.30. The van der Waals surface area contributed by atoms with Gasteiger partial charge in [0.15, 0.2) is 0 Å². The second kappa shape index (κ2) is 6.14. The van der Waals surface area contributed by atoms with Gasteiger partial charge in [-0.3, -0.25) is 9.59 Å². The van der Waals surface area contributed by atoms with Crippen molar-refractivity contribution >= 4 is 5.91 Å². The van der Waals surface area contributed by atoms with Crippen LogP contribution in [0.4, 0.5) is 4.39 Å². The Bertz CT molecular complexity index is 646. The number of aromatic amines is 1. The molecule has 1 amide bonds. The molecule has 1 aromatic heterocycles. The van der Waals surface area contributed by atoms with Crippen molar-refractivity contribution in [3.63, 3.8) is 0 Å². The molecule has 0 fully saturated rings. The molecule has 0 radical (unpaired) electrons. The second-order valence-corrected chi connectivity index (χ2v) is 4.61. The first-order valence-corrected chi connectivity index (χ1v) is 6.29. The van der Waals surface area contributed by atoms with Gasteiger partial charge in [-0.2, -0.15) is 0 Å². The maximum absolute atomic E-state index is 13.5. The Morgan fingerprint density at radius 1 is 1.30 bits per heavy atom. The van der Waals surface area contributed by atoms with Gasteiger partial charge in [-0.15, -0.1) is 0 Å². The molecule has 20 heavy (non-hydrogen) atoms. The van der Waals surface area contributed by atoms with Gasteiger partial charge in [0.2, 0.25) is 5.56 Å². The zero-order valence-electron chi connectivity index (χ0n) is 11.0. The van der Waals surface area contributed by atoms with Crippen molar-refractivity contribution in [2.24, 2.45) is 0 Å². The highest BCUT2D eigenvalue weighted by molar-refractivity contribution is 5.93. The fourth-order valence-electron chi connectivity index (χ4n) is 1.90. The van der Waals surface area contributed by atoms with Crippen molar-refractivity contribution < 1.29 is 9.18 Å². The van der Waals surface area contributed by atoms with Crippen molar-refractivity contribution in [1.82, 2.24) is 10.3 Å². The van der Waals surface area contributed by atoms with E-state index in [-0.39, 0.29) is 23.3 Å². The van der Waals surface area contributed by atoms with Crippen LogP contribution in [0.2, 0.25) is 0 Å². The third-order valence-electron chi connectivity index (χ3n) is 2.91. The second-order valence-electron chi connectivity index (χ2n) is 4.61. The maximum atomic E-state index is 13.5. The molecule has 2 rings (SSSR count). The van der Waals surface area contributed by atoms with Crippen LogP contribution in [-0.4, -0.2) is 16.9 Å². The lowest BCUT2D eigenvalue weighted by molar-refractivity contribution is 0.0939. The molecule has 0 saturated carbocycles. The van der Waals surface area contributed by atoms with Crippen molar-refractivity contribution in [3.8, 4) is 0 Å². The molecule has 0 aliphatic heterocycles. The summed E-state index contributed by atoms with van der Waals surface area (Å²) in [7, 11) is 0. The summed E-state index contributed by atoms with van der Waals surface area (Å²) >= 11 is 0. The molecule has 2 N–H and O–H groups in total. The Hall–Kier alpha value is -2.43. The Morgan fingerprint density at radius 3 is 2.70 bits per heavy atom. The van der Waals surface area contributed by atoms with E-state index < -0.39 is 0 Å². The molecule has 0 aliphatic carbocycles. The number of hydrogen-bond acceptors (Lipinski definition) is 2. The Morgan fingerprint density at radius 2 is 2.05 bits per heavy atom. The summed E-state index contributed by atoms with van der Waals surface area (Å²) in [5, 5.41) is 2.76. The molecule has 4 nitrogen and oxygen atoms in total. The fourth-order valence-corrected chi connectivity index (χ4v) is 1.90. The van der Waals surface area contributed by atoms with E-state index in [1.807, 2.05) is 0 Å². The Labute approximate surface area is 115 Å². The topological polar surface area (TPSA) is 62.0 Å². The number of pyridine rings is 1. The number of H-pyrrole nitrogens is 1. The number of rotatable bonds is 4. The number of nitrogens with one attached hydrogen (secondary N) is 2. The number of amides is 1. The normalized spacial score (nSPS) is 11.9. The molecule has 0 bridgehead atoms. The van der Waals surface area contributed by atoms with E-state index in [9.17, 15) is 14.0 Å². The van der Waals surface area contributed by atoms with Crippen LogP contribution in [0.15, 0.2) is 47.4 Å². The van der Waals surface area contributed by atoms with Gasteiger partial charge in [0.1, 0.15) is 5.82 Å². The van der Waals surface area contributed by atoms with Gasteiger partial charge in [0.05, 0.1) is 5.56 Å². The highest BCUT2D eigenvalue weighted by atomic mass is 19.1. The summed E-state index contributed by atoms with van der Waals surface area (Å²) in [5.74, 6) is -0.581. The SMILES string of the molecule is CC(Cc1ccccc1F)NC(=O)c1ccc(=O)[nH]c1. The van der Waals surface area contributed by atoms with Gasteiger partial charge in [-0.05, 0) is 31.0 Å². The monoisotopic (exact) mass is 274 g/mol. The standard InChI is InChI=1S/C15H15FN2O2/c1-10(8-11-4-2-3-5-13(11)16)18-15(20)12-6-7-14(19)17-9-12/h2-7,9-10H,8H2,1H3,(H,17,19)(H,18,20). The third kappa shape index (κ3) is 3.54. The molecule has 0 spiro atoms. The number of halogens is 1. The molecule has 0 saturated heterocycles. The van der Waals surface area contributed by atoms with Crippen LogP contribution in [0.1, 0.15) is 22.8 Å². The fraction of sp³-hybridized carbons (Fsp3) is 0.200. The van der Waals surface area contributed by atoms with Crippen LogP contribution >= 0.6 is 0 Å². The number of benzene rings is 1. The highest BCUT2D eigenvalue weighted by Crippen LogP contribution is 2.09. The Balaban J connectivity index is 1.99. The molecule has 104 valence electrons. The van der Waals surface area contributed by atoms with Crippen LogP contribution in [0, 0.1) is 5.82 Å². The predicted molar refractivity (Wildman–Crippen MR) is 74.1 cm³/mol. The minimum atomic E-state index is -0.301. The third-order valence-corrected chi connectivity index (χ3v) is 2.91. The van der Waals surface area contributed by atoms with E-state index in [0.717, 1.165) is 0 Å². The minimum Gasteiger partial charge on any atom is -0.349 e. The maximum Gasteiger partial charge on any atom is 0.252 e. The summed E-state index contributed by atoms with van der Waals surface area (Å²) in [6.07, 6.45) is 1.76. The highest BCUT2D eigenvalue weighted by Gasteiger charge is 2.12. The zero-order valence-corrected chi connectivity index (χ0v) is 11.0. The molecule has 1 aromatic carbocycles. The molecule has 5 heteroatoms. The molecule has 1 unspecified atom stereocenters. The number of aromatic nitrogens is 1. The van der Waals surface area contributed by atoms with Crippen LogP contribution in [-0.2, 0) is 6.42 Å². The van der Waals surface area contributed by atoms with Crippen molar-refractivity contribution in [1.29, 1.82) is 0 Å². The summed E-state index contributed by atoms with van der Waals surface area (Å²) in [4.78, 5) is 25.3.